The zero-order chi connectivity index (χ0) is 11.1. The molecule has 0 unspecified atom stereocenters. The van der Waals surface area contributed by atoms with Crippen molar-refractivity contribution in [2.24, 2.45) is 0 Å². The zero-order valence-electron chi connectivity index (χ0n) is 8.40. The van der Waals surface area contributed by atoms with Crippen LogP contribution in [-0.2, 0) is 16.4 Å². The molecule has 15 heavy (non-hydrogen) atoms. The first kappa shape index (κ1) is 11.2. The predicted octanol–water partition coefficient (Wildman–Crippen LogP) is 2.00. The van der Waals surface area contributed by atoms with Crippen LogP contribution in [0.15, 0.2) is 18.2 Å². The topological polar surface area (TPSA) is 37.4 Å². The molecule has 1 aliphatic heterocycles. The summed E-state index contributed by atoms with van der Waals surface area (Å²) in [6, 6.07) is 5.91. The van der Waals surface area contributed by atoms with Crippen LogP contribution >= 0.6 is 22.6 Å². The molecule has 0 saturated heterocycles. The van der Waals surface area contributed by atoms with Crippen molar-refractivity contribution in [2.45, 2.75) is 12.8 Å². The lowest BCUT2D eigenvalue weighted by Crippen LogP contribution is -2.34. The minimum atomic E-state index is -3.12. The van der Waals surface area contributed by atoms with Crippen LogP contribution in [0.1, 0.15) is 12.0 Å². The van der Waals surface area contributed by atoms with E-state index in [1.807, 2.05) is 12.1 Å². The molecule has 0 atom stereocenters. The fraction of sp³-hybridized carbons (Fsp3) is 0.400. The highest BCUT2D eigenvalue weighted by atomic mass is 127. The maximum Gasteiger partial charge on any atom is 0.232 e. The van der Waals surface area contributed by atoms with Gasteiger partial charge in [-0.2, -0.15) is 0 Å². The molecule has 82 valence electrons. The lowest BCUT2D eigenvalue weighted by molar-refractivity contribution is 0.592. The molecule has 0 fully saturated rings. The summed E-state index contributed by atoms with van der Waals surface area (Å²) in [5.41, 5.74) is 1.99. The van der Waals surface area contributed by atoms with Crippen LogP contribution in [0.25, 0.3) is 0 Å². The van der Waals surface area contributed by atoms with Crippen LogP contribution in [0.3, 0.4) is 0 Å². The molecule has 0 amide bonds. The summed E-state index contributed by atoms with van der Waals surface area (Å²) < 4.78 is 25.8. The van der Waals surface area contributed by atoms with Crippen molar-refractivity contribution in [3.63, 3.8) is 0 Å². The normalized spacial score (nSPS) is 16.3. The van der Waals surface area contributed by atoms with Gasteiger partial charge in [-0.25, -0.2) is 8.42 Å². The van der Waals surface area contributed by atoms with Crippen molar-refractivity contribution in [1.82, 2.24) is 0 Å². The second kappa shape index (κ2) is 3.93. The number of hydrogen-bond donors (Lipinski definition) is 0. The van der Waals surface area contributed by atoms with Crippen molar-refractivity contribution in [2.75, 3.05) is 17.1 Å². The van der Waals surface area contributed by atoms with Crippen LogP contribution < -0.4 is 4.31 Å². The minimum Gasteiger partial charge on any atom is -0.270 e. The van der Waals surface area contributed by atoms with E-state index in [0.717, 1.165) is 27.7 Å². The van der Waals surface area contributed by atoms with E-state index in [0.29, 0.717) is 6.54 Å². The summed E-state index contributed by atoms with van der Waals surface area (Å²) in [7, 11) is -3.12. The summed E-state index contributed by atoms with van der Waals surface area (Å²) in [4.78, 5) is 0. The van der Waals surface area contributed by atoms with Gasteiger partial charge in [0.2, 0.25) is 10.0 Å². The minimum absolute atomic E-state index is 0.604. The Morgan fingerprint density at radius 1 is 1.40 bits per heavy atom. The van der Waals surface area contributed by atoms with Crippen LogP contribution in [0.4, 0.5) is 5.69 Å². The number of rotatable bonds is 1. The van der Waals surface area contributed by atoms with Gasteiger partial charge in [0, 0.05) is 10.1 Å². The van der Waals surface area contributed by atoms with Gasteiger partial charge in [-0.3, -0.25) is 4.31 Å². The van der Waals surface area contributed by atoms with E-state index < -0.39 is 10.0 Å². The average molecular weight is 337 g/mol. The maximum atomic E-state index is 11.6. The van der Waals surface area contributed by atoms with Crippen molar-refractivity contribution in [3.05, 3.63) is 27.3 Å². The third kappa shape index (κ3) is 2.28. The van der Waals surface area contributed by atoms with Gasteiger partial charge in [-0.1, -0.05) is 0 Å². The molecule has 0 aliphatic carbocycles. The molecule has 0 aromatic heterocycles. The molecule has 1 aliphatic rings. The Bertz CT molecular complexity index is 484. The molecule has 3 nitrogen and oxygen atoms in total. The predicted molar refractivity (Wildman–Crippen MR) is 69.7 cm³/mol. The van der Waals surface area contributed by atoms with Gasteiger partial charge in [0.05, 0.1) is 11.9 Å². The second-order valence-electron chi connectivity index (χ2n) is 3.71. The van der Waals surface area contributed by atoms with Crippen molar-refractivity contribution in [3.8, 4) is 0 Å². The fourth-order valence-electron chi connectivity index (χ4n) is 1.88. The van der Waals surface area contributed by atoms with E-state index in [-0.39, 0.29) is 0 Å². The summed E-state index contributed by atoms with van der Waals surface area (Å²) in [6.45, 7) is 0.604. The highest BCUT2D eigenvalue weighted by molar-refractivity contribution is 14.1. The number of fused-ring (bicyclic) bond motifs is 1. The number of halogens is 1. The molecule has 0 bridgehead atoms. The van der Waals surface area contributed by atoms with Crippen LogP contribution in [-0.4, -0.2) is 21.2 Å². The molecule has 2 rings (SSSR count). The molecule has 1 aromatic carbocycles. The van der Waals surface area contributed by atoms with Gasteiger partial charge in [0.15, 0.2) is 0 Å². The zero-order valence-corrected chi connectivity index (χ0v) is 11.4. The number of anilines is 1. The third-order valence-electron chi connectivity index (χ3n) is 2.52. The number of hydrogen-bond acceptors (Lipinski definition) is 2. The van der Waals surface area contributed by atoms with E-state index in [1.54, 1.807) is 0 Å². The van der Waals surface area contributed by atoms with Crippen LogP contribution in [0.2, 0.25) is 0 Å². The molecule has 5 heteroatoms. The molecule has 1 heterocycles. The summed E-state index contributed by atoms with van der Waals surface area (Å²) in [6.07, 6.45) is 3.14. The fourth-order valence-corrected chi connectivity index (χ4v) is 3.43. The van der Waals surface area contributed by atoms with Gasteiger partial charge >= 0.3 is 0 Å². The highest BCUT2D eigenvalue weighted by Gasteiger charge is 2.23. The number of benzene rings is 1. The smallest absolute Gasteiger partial charge is 0.232 e. The molecule has 0 saturated carbocycles. The Kier molecular flexibility index (Phi) is 2.94. The van der Waals surface area contributed by atoms with Crippen molar-refractivity contribution < 1.29 is 8.42 Å². The van der Waals surface area contributed by atoms with E-state index in [2.05, 4.69) is 28.7 Å². The summed E-state index contributed by atoms with van der Waals surface area (Å²) in [5, 5.41) is 0. The van der Waals surface area contributed by atoms with E-state index in [9.17, 15) is 8.42 Å². The first-order chi connectivity index (χ1) is 6.98. The molecule has 0 spiro atoms. The van der Waals surface area contributed by atoms with Crippen LogP contribution in [0.5, 0.6) is 0 Å². The first-order valence-corrected chi connectivity index (χ1v) is 7.67. The molecule has 0 radical (unpaired) electrons. The second-order valence-corrected chi connectivity index (χ2v) is 6.86. The van der Waals surface area contributed by atoms with Crippen molar-refractivity contribution in [1.29, 1.82) is 0 Å². The average Bonchev–Trinajstić information content (AvgIpc) is 2.15. The monoisotopic (exact) mass is 337 g/mol. The Balaban J connectivity index is 2.52. The Morgan fingerprint density at radius 3 is 2.80 bits per heavy atom. The highest BCUT2D eigenvalue weighted by Crippen LogP contribution is 2.30. The first-order valence-electron chi connectivity index (χ1n) is 4.74. The van der Waals surface area contributed by atoms with E-state index in [4.69, 9.17) is 0 Å². The summed E-state index contributed by atoms with van der Waals surface area (Å²) >= 11 is 2.25. The van der Waals surface area contributed by atoms with Gasteiger partial charge in [-0.05, 0) is 59.2 Å². The number of nitrogens with zero attached hydrogens (tertiary/aromatic N) is 1. The van der Waals surface area contributed by atoms with Gasteiger partial charge < -0.3 is 0 Å². The number of sulfonamides is 1. The standard InChI is InChI=1S/C10H12INO2S/c1-15(13,14)12-6-2-3-8-7-9(11)4-5-10(8)12/h4-5,7H,2-3,6H2,1H3. The molecule has 1 aromatic rings. The number of aryl methyl sites for hydroxylation is 1. The molecular formula is C10H12INO2S. The van der Waals surface area contributed by atoms with Crippen molar-refractivity contribution >= 4 is 38.3 Å². The van der Waals surface area contributed by atoms with E-state index >= 15 is 0 Å². The SMILES string of the molecule is CS(=O)(=O)N1CCCc2cc(I)ccc21. The van der Waals surface area contributed by atoms with Crippen LogP contribution in [0, 0.1) is 3.57 Å². The largest absolute Gasteiger partial charge is 0.270 e. The third-order valence-corrected chi connectivity index (χ3v) is 4.37. The Hall–Kier alpha value is -0.300. The molecular weight excluding hydrogens is 325 g/mol. The van der Waals surface area contributed by atoms with Gasteiger partial charge in [0.25, 0.3) is 0 Å². The Labute approximate surface area is 104 Å². The lowest BCUT2D eigenvalue weighted by atomic mass is 10.0. The van der Waals surface area contributed by atoms with Gasteiger partial charge in [0.1, 0.15) is 0 Å². The van der Waals surface area contributed by atoms with Gasteiger partial charge in [-0.15, -0.1) is 0 Å². The van der Waals surface area contributed by atoms with E-state index in [1.165, 1.54) is 10.6 Å². The quantitative estimate of drug-likeness (QED) is 0.735. The maximum absolute atomic E-state index is 11.6. The molecule has 0 N–H and O–H groups in total. The Morgan fingerprint density at radius 2 is 2.13 bits per heavy atom. The summed E-state index contributed by atoms with van der Waals surface area (Å²) in [5.74, 6) is 0. The lowest BCUT2D eigenvalue weighted by Gasteiger charge is -2.29.